The minimum absolute atomic E-state index is 0.275. The maximum Gasteiger partial charge on any atom is 0.339 e. The number of aromatic nitrogens is 1. The molecule has 3 rings (SSSR count). The Morgan fingerprint density at radius 1 is 1.14 bits per heavy atom. The van der Waals surface area contributed by atoms with Gasteiger partial charge in [0.1, 0.15) is 0 Å². The number of hydrogen-bond donors (Lipinski definition) is 1. The SMILES string of the molecule is C=C(/C=C(/C)c1c(-c2ccc(Cl)cc2)c(C(OC(C)(C)C)C(=O)O)n(C)c(=O)c1C)Cc1ccccc1. The van der Waals surface area contributed by atoms with Gasteiger partial charge in [-0.15, -0.1) is 0 Å². The number of carbonyl (C=O) groups is 1. The molecule has 37 heavy (non-hydrogen) atoms. The van der Waals surface area contributed by atoms with Gasteiger partial charge in [-0.3, -0.25) is 4.79 Å². The summed E-state index contributed by atoms with van der Waals surface area (Å²) in [6, 6.07) is 17.2. The van der Waals surface area contributed by atoms with E-state index >= 15 is 0 Å². The van der Waals surface area contributed by atoms with Crippen LogP contribution in [0, 0.1) is 6.92 Å². The van der Waals surface area contributed by atoms with Crippen LogP contribution in [0.4, 0.5) is 0 Å². The Morgan fingerprint density at radius 3 is 2.27 bits per heavy atom. The number of ether oxygens (including phenoxy) is 1. The maximum atomic E-state index is 13.5. The molecular formula is C31H34ClNO4. The van der Waals surface area contributed by atoms with Crippen LogP contribution >= 0.6 is 11.6 Å². The van der Waals surface area contributed by atoms with E-state index in [0.29, 0.717) is 28.1 Å². The lowest BCUT2D eigenvalue weighted by Crippen LogP contribution is -2.34. The Labute approximate surface area is 223 Å². The molecule has 194 valence electrons. The number of rotatable bonds is 8. The molecule has 5 nitrogen and oxygen atoms in total. The summed E-state index contributed by atoms with van der Waals surface area (Å²) in [6.07, 6.45) is 1.23. The summed E-state index contributed by atoms with van der Waals surface area (Å²) in [4.78, 5) is 26.0. The van der Waals surface area contributed by atoms with Gasteiger partial charge in [-0.2, -0.15) is 0 Å². The van der Waals surface area contributed by atoms with E-state index in [1.54, 1.807) is 46.9 Å². The second kappa shape index (κ2) is 11.3. The van der Waals surface area contributed by atoms with Crippen molar-refractivity contribution in [2.24, 2.45) is 7.05 Å². The molecule has 0 radical (unpaired) electrons. The minimum Gasteiger partial charge on any atom is -0.479 e. The highest BCUT2D eigenvalue weighted by molar-refractivity contribution is 6.30. The molecule has 1 heterocycles. The zero-order valence-corrected chi connectivity index (χ0v) is 23.0. The Bertz CT molecular complexity index is 1390. The molecule has 6 heteroatoms. The predicted octanol–water partition coefficient (Wildman–Crippen LogP) is 7.16. The van der Waals surface area contributed by atoms with Gasteiger partial charge in [0.25, 0.3) is 5.56 Å². The van der Waals surface area contributed by atoms with E-state index in [0.717, 1.165) is 22.3 Å². The van der Waals surface area contributed by atoms with E-state index in [1.165, 1.54) is 4.57 Å². The zero-order chi connectivity index (χ0) is 27.5. The highest BCUT2D eigenvalue weighted by Crippen LogP contribution is 2.39. The summed E-state index contributed by atoms with van der Waals surface area (Å²) in [7, 11) is 1.59. The molecule has 0 saturated carbocycles. The normalized spacial score (nSPS) is 12.9. The molecule has 0 bridgehead atoms. The van der Waals surface area contributed by atoms with Crippen LogP contribution in [0.3, 0.4) is 0 Å². The van der Waals surface area contributed by atoms with Gasteiger partial charge in [-0.1, -0.05) is 72.3 Å². The summed E-state index contributed by atoms with van der Waals surface area (Å²) in [5, 5.41) is 10.8. The molecule has 3 aromatic rings. The fourth-order valence-electron chi connectivity index (χ4n) is 4.52. The molecule has 1 unspecified atom stereocenters. The third-order valence-electron chi connectivity index (χ3n) is 6.03. The van der Waals surface area contributed by atoms with Gasteiger partial charge in [0.05, 0.1) is 11.3 Å². The Hall–Kier alpha value is -3.41. The van der Waals surface area contributed by atoms with Gasteiger partial charge < -0.3 is 14.4 Å². The number of benzene rings is 2. The van der Waals surface area contributed by atoms with Crippen LogP contribution in [-0.4, -0.2) is 21.2 Å². The van der Waals surface area contributed by atoms with E-state index in [-0.39, 0.29) is 11.3 Å². The maximum absolute atomic E-state index is 13.5. The van der Waals surface area contributed by atoms with Crippen LogP contribution in [0.15, 0.2) is 77.6 Å². The lowest BCUT2D eigenvalue weighted by molar-refractivity contribution is -0.161. The molecule has 1 atom stereocenters. The topological polar surface area (TPSA) is 68.5 Å². The quantitative estimate of drug-likeness (QED) is 0.321. The molecule has 0 saturated heterocycles. The first-order valence-electron chi connectivity index (χ1n) is 12.1. The van der Waals surface area contributed by atoms with Crippen LogP contribution in [-0.2, 0) is 23.0 Å². The van der Waals surface area contributed by atoms with Crippen molar-refractivity contribution >= 4 is 23.1 Å². The van der Waals surface area contributed by atoms with Crippen molar-refractivity contribution in [3.8, 4) is 11.1 Å². The van der Waals surface area contributed by atoms with E-state index in [2.05, 4.69) is 6.58 Å². The second-order valence-corrected chi connectivity index (χ2v) is 10.7. The van der Waals surface area contributed by atoms with E-state index in [9.17, 15) is 14.7 Å². The highest BCUT2D eigenvalue weighted by atomic mass is 35.5. The molecule has 1 N–H and O–H groups in total. The average molecular weight is 520 g/mol. The van der Waals surface area contributed by atoms with Gasteiger partial charge >= 0.3 is 5.97 Å². The molecule has 0 aliphatic heterocycles. The minimum atomic E-state index is -1.37. The first-order valence-corrected chi connectivity index (χ1v) is 12.5. The van der Waals surface area contributed by atoms with Gasteiger partial charge in [0.15, 0.2) is 6.10 Å². The van der Waals surface area contributed by atoms with Crippen molar-refractivity contribution in [3.63, 3.8) is 0 Å². The standard InChI is InChI=1S/C31H34ClNO4/c1-19(18-22-11-9-8-10-12-22)17-20(2)25-21(3)29(34)33(7)27(28(30(35)36)37-31(4,5)6)26(25)23-13-15-24(32)16-14-23/h8-17,28H,1,18H2,2-7H3,(H,35,36)/b20-17-. The number of carboxylic acid groups (broad SMARTS) is 1. The number of nitrogens with zero attached hydrogens (tertiary/aromatic N) is 1. The lowest BCUT2D eigenvalue weighted by Gasteiger charge is -2.29. The smallest absolute Gasteiger partial charge is 0.339 e. The molecule has 2 aromatic carbocycles. The summed E-state index contributed by atoms with van der Waals surface area (Å²) in [5.41, 5.74) is 4.56. The molecule has 0 fully saturated rings. The van der Waals surface area contributed by atoms with Crippen LogP contribution in [0.2, 0.25) is 5.02 Å². The van der Waals surface area contributed by atoms with E-state index in [4.69, 9.17) is 16.3 Å². The lowest BCUT2D eigenvalue weighted by atomic mass is 9.88. The molecule has 0 aliphatic carbocycles. The zero-order valence-electron chi connectivity index (χ0n) is 22.3. The molecule has 0 spiro atoms. The fourth-order valence-corrected chi connectivity index (χ4v) is 4.65. The second-order valence-electron chi connectivity index (χ2n) is 10.2. The van der Waals surface area contributed by atoms with Crippen LogP contribution < -0.4 is 5.56 Å². The third kappa shape index (κ3) is 6.68. The Balaban J connectivity index is 2.33. The number of carboxylic acids is 1. The molecule has 0 amide bonds. The van der Waals surface area contributed by atoms with E-state index < -0.39 is 17.7 Å². The van der Waals surface area contributed by atoms with Crippen molar-refractivity contribution in [1.29, 1.82) is 0 Å². The highest BCUT2D eigenvalue weighted by Gasteiger charge is 2.34. The largest absolute Gasteiger partial charge is 0.479 e. The number of pyridine rings is 1. The van der Waals surface area contributed by atoms with Gasteiger partial charge in [0, 0.05) is 23.2 Å². The fraction of sp³-hybridized carbons (Fsp3) is 0.290. The van der Waals surface area contributed by atoms with Crippen LogP contribution in [0.5, 0.6) is 0 Å². The summed E-state index contributed by atoms with van der Waals surface area (Å²) >= 11 is 6.18. The van der Waals surface area contributed by atoms with Crippen LogP contribution in [0.1, 0.15) is 56.2 Å². The summed E-state index contributed by atoms with van der Waals surface area (Å²) in [5.74, 6) is -1.18. The average Bonchev–Trinajstić information content (AvgIpc) is 2.81. The van der Waals surface area contributed by atoms with Gasteiger partial charge in [0.2, 0.25) is 0 Å². The number of allylic oxidation sites excluding steroid dienone is 3. The monoisotopic (exact) mass is 519 g/mol. The summed E-state index contributed by atoms with van der Waals surface area (Å²) < 4.78 is 7.41. The van der Waals surface area contributed by atoms with Crippen molar-refractivity contribution in [2.75, 3.05) is 0 Å². The predicted molar refractivity (Wildman–Crippen MR) is 151 cm³/mol. The van der Waals surface area contributed by atoms with Crippen LogP contribution in [0.25, 0.3) is 16.7 Å². The van der Waals surface area contributed by atoms with Crippen molar-refractivity contribution in [3.05, 3.63) is 111 Å². The molecular weight excluding hydrogens is 486 g/mol. The van der Waals surface area contributed by atoms with E-state index in [1.807, 2.05) is 55.5 Å². The Morgan fingerprint density at radius 2 is 1.73 bits per heavy atom. The molecule has 1 aromatic heterocycles. The number of halogens is 1. The first-order chi connectivity index (χ1) is 17.3. The number of aliphatic carboxylic acids is 1. The molecule has 0 aliphatic rings. The third-order valence-corrected chi connectivity index (χ3v) is 6.29. The van der Waals surface area contributed by atoms with Gasteiger partial charge in [-0.25, -0.2) is 4.79 Å². The number of hydrogen-bond acceptors (Lipinski definition) is 3. The van der Waals surface area contributed by atoms with Crippen molar-refractivity contribution in [1.82, 2.24) is 4.57 Å². The van der Waals surface area contributed by atoms with Crippen molar-refractivity contribution < 1.29 is 14.6 Å². The Kier molecular flexibility index (Phi) is 8.62. The summed E-state index contributed by atoms with van der Waals surface area (Å²) in [6.45, 7) is 13.3. The first kappa shape index (κ1) is 28.2. The van der Waals surface area contributed by atoms with Crippen molar-refractivity contribution in [2.45, 2.75) is 52.7 Å². The van der Waals surface area contributed by atoms with Gasteiger partial charge in [-0.05, 0) is 75.4 Å².